The Bertz CT molecular complexity index is 861. The maximum atomic E-state index is 12.0. The lowest BCUT2D eigenvalue weighted by Crippen LogP contribution is -2.31. The molecule has 134 valence electrons. The number of amides is 1. The van der Waals surface area contributed by atoms with E-state index >= 15 is 0 Å². The number of ether oxygens (including phenoxy) is 1. The third-order valence-electron chi connectivity index (χ3n) is 3.93. The molecule has 0 heterocycles. The minimum Gasteiger partial charge on any atom is -0.484 e. The number of carbonyl (C=O) groups excluding carboxylic acids is 1. The van der Waals surface area contributed by atoms with Crippen LogP contribution in [0.25, 0.3) is 0 Å². The van der Waals surface area contributed by atoms with Crippen LogP contribution in [0.5, 0.6) is 5.75 Å². The van der Waals surface area contributed by atoms with Crippen LogP contribution in [-0.4, -0.2) is 20.9 Å². The number of rotatable bonds is 6. The Balaban J connectivity index is 1.92. The second-order valence-electron chi connectivity index (χ2n) is 5.94. The number of benzene rings is 2. The molecular weight excluding hydrogens is 340 g/mol. The van der Waals surface area contributed by atoms with Gasteiger partial charge in [-0.15, -0.1) is 0 Å². The standard InChI is InChI=1S/C18H22N2O4S/c1-12-4-7-16(10-13(12)2)24-11-18(21)20-14(3)15-5-8-17(9-6-15)25(19,22)23/h4-10,14H,11H2,1-3H3,(H,20,21)(H2,19,22,23). The summed E-state index contributed by atoms with van der Waals surface area (Å²) in [5.74, 6) is 0.379. The highest BCUT2D eigenvalue weighted by Crippen LogP contribution is 2.17. The Labute approximate surface area is 148 Å². The molecule has 0 aliphatic heterocycles. The van der Waals surface area contributed by atoms with Gasteiger partial charge in [-0.1, -0.05) is 18.2 Å². The molecule has 7 heteroatoms. The van der Waals surface area contributed by atoms with Crippen molar-refractivity contribution in [3.63, 3.8) is 0 Å². The summed E-state index contributed by atoms with van der Waals surface area (Å²) < 4.78 is 28.0. The van der Waals surface area contributed by atoms with E-state index < -0.39 is 10.0 Å². The van der Waals surface area contributed by atoms with Crippen molar-refractivity contribution in [2.24, 2.45) is 5.14 Å². The van der Waals surface area contributed by atoms with Crippen LogP contribution < -0.4 is 15.2 Å². The third kappa shape index (κ3) is 5.30. The summed E-state index contributed by atoms with van der Waals surface area (Å²) in [6, 6.07) is 11.4. The fourth-order valence-corrected chi connectivity index (χ4v) is 2.78. The van der Waals surface area contributed by atoms with Crippen molar-refractivity contribution in [2.75, 3.05) is 6.61 Å². The molecule has 0 aromatic heterocycles. The molecule has 2 aromatic rings. The SMILES string of the molecule is Cc1ccc(OCC(=O)NC(C)c2ccc(S(N)(=O)=O)cc2)cc1C. The highest BCUT2D eigenvalue weighted by molar-refractivity contribution is 7.89. The van der Waals surface area contributed by atoms with Gasteiger partial charge in [0.1, 0.15) is 5.75 Å². The quantitative estimate of drug-likeness (QED) is 0.823. The van der Waals surface area contributed by atoms with Crippen molar-refractivity contribution < 1.29 is 17.9 Å². The van der Waals surface area contributed by atoms with E-state index in [1.807, 2.05) is 32.0 Å². The van der Waals surface area contributed by atoms with E-state index in [2.05, 4.69) is 5.32 Å². The van der Waals surface area contributed by atoms with E-state index in [1.165, 1.54) is 12.1 Å². The first-order valence-electron chi connectivity index (χ1n) is 7.79. The summed E-state index contributed by atoms with van der Waals surface area (Å²) in [6.45, 7) is 5.70. The first kappa shape index (κ1) is 19.0. The van der Waals surface area contributed by atoms with Crippen LogP contribution in [0.1, 0.15) is 29.7 Å². The van der Waals surface area contributed by atoms with E-state index in [1.54, 1.807) is 19.1 Å². The lowest BCUT2D eigenvalue weighted by atomic mass is 10.1. The number of primary sulfonamides is 1. The molecule has 1 amide bonds. The molecule has 25 heavy (non-hydrogen) atoms. The molecule has 0 saturated heterocycles. The van der Waals surface area contributed by atoms with Gasteiger partial charge in [0.2, 0.25) is 10.0 Å². The summed E-state index contributed by atoms with van der Waals surface area (Å²) >= 11 is 0. The smallest absolute Gasteiger partial charge is 0.258 e. The minimum atomic E-state index is -3.72. The van der Waals surface area contributed by atoms with Crippen molar-refractivity contribution in [1.82, 2.24) is 5.32 Å². The Morgan fingerprint density at radius 2 is 1.76 bits per heavy atom. The van der Waals surface area contributed by atoms with Crippen molar-refractivity contribution in [3.8, 4) is 5.75 Å². The van der Waals surface area contributed by atoms with Crippen LogP contribution in [0.15, 0.2) is 47.4 Å². The Kier molecular flexibility index (Phi) is 5.81. The van der Waals surface area contributed by atoms with Crippen molar-refractivity contribution in [3.05, 3.63) is 59.2 Å². The molecule has 0 fully saturated rings. The van der Waals surface area contributed by atoms with Crippen LogP contribution >= 0.6 is 0 Å². The van der Waals surface area contributed by atoms with Crippen LogP contribution in [-0.2, 0) is 14.8 Å². The largest absolute Gasteiger partial charge is 0.484 e. The fourth-order valence-electron chi connectivity index (χ4n) is 2.27. The van der Waals surface area contributed by atoms with E-state index in [0.29, 0.717) is 5.75 Å². The van der Waals surface area contributed by atoms with Crippen molar-refractivity contribution >= 4 is 15.9 Å². The van der Waals surface area contributed by atoms with Gasteiger partial charge in [0.05, 0.1) is 10.9 Å². The summed E-state index contributed by atoms with van der Waals surface area (Å²) in [4.78, 5) is 12.1. The van der Waals surface area contributed by atoms with Gasteiger partial charge in [-0.3, -0.25) is 4.79 Å². The molecule has 6 nitrogen and oxygen atoms in total. The van der Waals surface area contributed by atoms with Gasteiger partial charge in [0.15, 0.2) is 6.61 Å². The molecule has 3 N–H and O–H groups in total. The Hall–Kier alpha value is -2.38. The van der Waals surface area contributed by atoms with Gasteiger partial charge >= 0.3 is 0 Å². The first-order valence-corrected chi connectivity index (χ1v) is 9.33. The summed E-state index contributed by atoms with van der Waals surface area (Å²) in [5.41, 5.74) is 3.03. The van der Waals surface area contributed by atoms with Crippen molar-refractivity contribution in [2.45, 2.75) is 31.7 Å². The third-order valence-corrected chi connectivity index (χ3v) is 4.86. The molecular formula is C18H22N2O4S. The predicted octanol–water partition coefficient (Wildman–Crippen LogP) is 2.21. The molecule has 1 unspecified atom stereocenters. The maximum absolute atomic E-state index is 12.0. The highest BCUT2D eigenvalue weighted by atomic mass is 32.2. The molecule has 2 aromatic carbocycles. The Morgan fingerprint density at radius 3 is 2.32 bits per heavy atom. The number of carbonyl (C=O) groups is 1. The molecule has 0 bridgehead atoms. The molecule has 0 spiro atoms. The van der Waals surface area contributed by atoms with Crippen molar-refractivity contribution in [1.29, 1.82) is 0 Å². The normalized spacial score (nSPS) is 12.5. The molecule has 1 atom stereocenters. The topological polar surface area (TPSA) is 98.5 Å². The van der Waals surface area contributed by atoms with Gasteiger partial charge in [0, 0.05) is 0 Å². The van der Waals surface area contributed by atoms with Gasteiger partial charge in [-0.05, 0) is 61.7 Å². The number of sulfonamides is 1. The summed E-state index contributed by atoms with van der Waals surface area (Å²) in [6.07, 6.45) is 0. The summed E-state index contributed by atoms with van der Waals surface area (Å²) in [7, 11) is -3.72. The van der Waals surface area contributed by atoms with Gasteiger partial charge in [-0.2, -0.15) is 0 Å². The predicted molar refractivity (Wildman–Crippen MR) is 95.8 cm³/mol. The zero-order chi connectivity index (χ0) is 18.6. The number of hydrogen-bond donors (Lipinski definition) is 2. The number of nitrogens with two attached hydrogens (primary N) is 1. The van der Waals surface area contributed by atoms with Crippen LogP contribution in [0.2, 0.25) is 0 Å². The molecule has 2 rings (SSSR count). The number of nitrogens with one attached hydrogen (secondary N) is 1. The molecule has 0 saturated carbocycles. The van der Waals surface area contributed by atoms with Crippen LogP contribution in [0, 0.1) is 13.8 Å². The second-order valence-corrected chi connectivity index (χ2v) is 7.50. The van der Waals surface area contributed by atoms with Gasteiger partial charge in [-0.25, -0.2) is 13.6 Å². The van der Waals surface area contributed by atoms with E-state index in [-0.39, 0.29) is 23.5 Å². The van der Waals surface area contributed by atoms with Crippen LogP contribution in [0.3, 0.4) is 0 Å². The van der Waals surface area contributed by atoms with E-state index in [0.717, 1.165) is 16.7 Å². The average molecular weight is 362 g/mol. The van der Waals surface area contributed by atoms with Crippen LogP contribution in [0.4, 0.5) is 0 Å². The summed E-state index contributed by atoms with van der Waals surface area (Å²) in [5, 5.41) is 7.87. The maximum Gasteiger partial charge on any atom is 0.258 e. The van der Waals surface area contributed by atoms with Gasteiger partial charge in [0.25, 0.3) is 5.91 Å². The second kappa shape index (κ2) is 7.67. The zero-order valence-corrected chi connectivity index (χ0v) is 15.3. The van der Waals surface area contributed by atoms with E-state index in [9.17, 15) is 13.2 Å². The monoisotopic (exact) mass is 362 g/mol. The zero-order valence-electron chi connectivity index (χ0n) is 14.4. The first-order chi connectivity index (χ1) is 11.7. The fraction of sp³-hybridized carbons (Fsp3) is 0.278. The molecule has 0 aliphatic carbocycles. The molecule has 0 radical (unpaired) electrons. The number of aryl methyl sites for hydroxylation is 2. The minimum absolute atomic E-state index is 0.0350. The van der Waals surface area contributed by atoms with E-state index in [4.69, 9.17) is 9.88 Å². The lowest BCUT2D eigenvalue weighted by molar-refractivity contribution is -0.123. The average Bonchev–Trinajstić information content (AvgIpc) is 2.55. The number of hydrogen-bond acceptors (Lipinski definition) is 4. The lowest BCUT2D eigenvalue weighted by Gasteiger charge is -2.15. The highest BCUT2D eigenvalue weighted by Gasteiger charge is 2.12. The van der Waals surface area contributed by atoms with Gasteiger partial charge < -0.3 is 10.1 Å². The molecule has 0 aliphatic rings. The Morgan fingerprint density at radius 1 is 1.12 bits per heavy atom.